The van der Waals surface area contributed by atoms with E-state index in [1.165, 1.54) is 6.33 Å². The second-order valence-corrected chi connectivity index (χ2v) is 7.16. The van der Waals surface area contributed by atoms with Crippen LogP contribution in [0, 0.1) is 11.8 Å². The van der Waals surface area contributed by atoms with Gasteiger partial charge in [-0.3, -0.25) is 4.90 Å². The second-order valence-electron chi connectivity index (χ2n) is 7.16. The summed E-state index contributed by atoms with van der Waals surface area (Å²) in [6.07, 6.45) is 4.40. The average Bonchev–Trinajstić information content (AvgIpc) is 3.23. The first-order valence-corrected chi connectivity index (χ1v) is 8.67. The molecule has 25 heavy (non-hydrogen) atoms. The van der Waals surface area contributed by atoms with E-state index in [2.05, 4.69) is 15.0 Å². The lowest BCUT2D eigenvalue weighted by Crippen LogP contribution is -2.36. The van der Waals surface area contributed by atoms with Crippen molar-refractivity contribution >= 4 is 5.97 Å². The third-order valence-corrected chi connectivity index (χ3v) is 5.60. The number of hydrogen-bond acceptors (Lipinski definition) is 5. The molecule has 2 N–H and O–H groups in total. The van der Waals surface area contributed by atoms with E-state index in [1.54, 1.807) is 23.1 Å². The number of aromatic nitrogens is 3. The highest BCUT2D eigenvalue weighted by molar-refractivity contribution is 5.89. The molecule has 1 aliphatic carbocycles. The summed E-state index contributed by atoms with van der Waals surface area (Å²) >= 11 is 0. The van der Waals surface area contributed by atoms with Crippen molar-refractivity contribution in [3.8, 4) is 0 Å². The van der Waals surface area contributed by atoms with E-state index in [1.807, 2.05) is 12.1 Å². The standard InChI is InChI=1S/C18H22N4O3/c23-17-6-14-9-21(7-12-3-1-2-4-15(12)18(24)25)8-13(14)5-16(17)22-11-19-10-20-22/h1-4,10-11,13-14,16-17,23H,5-9H2,(H,24,25)/t13-,14+,16-,17-/m1/s1. The van der Waals surface area contributed by atoms with Gasteiger partial charge in [-0.05, 0) is 36.3 Å². The summed E-state index contributed by atoms with van der Waals surface area (Å²) in [4.78, 5) is 17.7. The van der Waals surface area contributed by atoms with Crippen LogP contribution in [0.4, 0.5) is 0 Å². The summed E-state index contributed by atoms with van der Waals surface area (Å²) in [6.45, 7) is 2.47. The van der Waals surface area contributed by atoms with Gasteiger partial charge < -0.3 is 10.2 Å². The van der Waals surface area contributed by atoms with Gasteiger partial charge in [-0.2, -0.15) is 5.10 Å². The van der Waals surface area contributed by atoms with E-state index in [4.69, 9.17) is 0 Å². The monoisotopic (exact) mass is 342 g/mol. The van der Waals surface area contributed by atoms with Crippen LogP contribution in [0.3, 0.4) is 0 Å². The largest absolute Gasteiger partial charge is 0.478 e. The molecule has 132 valence electrons. The first-order valence-electron chi connectivity index (χ1n) is 8.67. The Hall–Kier alpha value is -2.25. The number of aromatic carboxylic acids is 1. The highest BCUT2D eigenvalue weighted by Gasteiger charge is 2.42. The lowest BCUT2D eigenvalue weighted by atomic mass is 9.77. The molecule has 4 atom stereocenters. The number of carbonyl (C=O) groups is 1. The molecule has 0 radical (unpaired) electrons. The Bertz CT molecular complexity index is 749. The number of likely N-dealkylation sites (tertiary alicyclic amines) is 1. The number of carboxylic acids is 1. The first kappa shape index (κ1) is 16.2. The molecule has 0 unspecified atom stereocenters. The molecule has 2 aliphatic rings. The molecule has 2 aromatic rings. The fraction of sp³-hybridized carbons (Fsp3) is 0.500. The molecule has 4 rings (SSSR count). The van der Waals surface area contributed by atoms with Crippen LogP contribution in [0.5, 0.6) is 0 Å². The lowest BCUT2D eigenvalue weighted by Gasteiger charge is -2.35. The van der Waals surface area contributed by atoms with Gasteiger partial charge in [-0.15, -0.1) is 0 Å². The molecule has 1 saturated heterocycles. The molecule has 1 saturated carbocycles. The molecule has 0 spiro atoms. The summed E-state index contributed by atoms with van der Waals surface area (Å²) in [7, 11) is 0. The molecule has 7 heteroatoms. The fourth-order valence-corrected chi connectivity index (χ4v) is 4.41. The first-order chi connectivity index (χ1) is 12.1. The van der Waals surface area contributed by atoms with E-state index in [0.29, 0.717) is 23.9 Å². The predicted molar refractivity (Wildman–Crippen MR) is 90.0 cm³/mol. The smallest absolute Gasteiger partial charge is 0.336 e. The van der Waals surface area contributed by atoms with Gasteiger partial charge in [0.05, 0.1) is 17.7 Å². The van der Waals surface area contributed by atoms with Gasteiger partial charge in [-0.25, -0.2) is 14.5 Å². The molecule has 1 aromatic carbocycles. The maximum Gasteiger partial charge on any atom is 0.336 e. The number of rotatable bonds is 4. The van der Waals surface area contributed by atoms with Gasteiger partial charge in [0, 0.05) is 19.6 Å². The number of carboxylic acid groups (broad SMARTS) is 1. The molecule has 0 amide bonds. The SMILES string of the molecule is O=C(O)c1ccccc1CN1C[C@H]2C[C@@H](n3cncn3)[C@H](O)C[C@H]2C1. The molecule has 1 aliphatic heterocycles. The van der Waals surface area contributed by atoms with Crippen LogP contribution in [0.2, 0.25) is 0 Å². The minimum Gasteiger partial charge on any atom is -0.478 e. The van der Waals surface area contributed by atoms with Crippen molar-refractivity contribution in [2.24, 2.45) is 11.8 Å². The number of nitrogens with zero attached hydrogens (tertiary/aromatic N) is 4. The van der Waals surface area contributed by atoms with E-state index < -0.39 is 12.1 Å². The number of aliphatic hydroxyl groups excluding tert-OH is 1. The van der Waals surface area contributed by atoms with Crippen LogP contribution >= 0.6 is 0 Å². The third kappa shape index (κ3) is 3.17. The van der Waals surface area contributed by atoms with Crippen LogP contribution in [-0.2, 0) is 6.54 Å². The quantitative estimate of drug-likeness (QED) is 0.873. The molecule has 1 aromatic heterocycles. The highest BCUT2D eigenvalue weighted by atomic mass is 16.4. The maximum atomic E-state index is 11.4. The summed E-state index contributed by atoms with van der Waals surface area (Å²) in [5.41, 5.74) is 1.22. The summed E-state index contributed by atoms with van der Waals surface area (Å²) < 4.78 is 1.77. The zero-order valence-electron chi connectivity index (χ0n) is 13.9. The maximum absolute atomic E-state index is 11.4. The van der Waals surface area contributed by atoms with Crippen LogP contribution < -0.4 is 0 Å². The fourth-order valence-electron chi connectivity index (χ4n) is 4.41. The van der Waals surface area contributed by atoms with Crippen molar-refractivity contribution in [2.75, 3.05) is 13.1 Å². The zero-order chi connectivity index (χ0) is 17.4. The van der Waals surface area contributed by atoms with Crippen molar-refractivity contribution < 1.29 is 15.0 Å². The van der Waals surface area contributed by atoms with Crippen molar-refractivity contribution in [3.05, 3.63) is 48.0 Å². The van der Waals surface area contributed by atoms with Crippen LogP contribution in [-0.4, -0.2) is 55.0 Å². The van der Waals surface area contributed by atoms with Gasteiger partial charge >= 0.3 is 5.97 Å². The van der Waals surface area contributed by atoms with E-state index in [0.717, 1.165) is 31.5 Å². The third-order valence-electron chi connectivity index (χ3n) is 5.60. The minimum atomic E-state index is -0.881. The second kappa shape index (κ2) is 6.57. The molecule has 2 heterocycles. The van der Waals surface area contributed by atoms with Gasteiger partial charge in [-0.1, -0.05) is 18.2 Å². The van der Waals surface area contributed by atoms with Crippen LogP contribution in [0.15, 0.2) is 36.9 Å². The Balaban J connectivity index is 1.46. The molecular weight excluding hydrogens is 320 g/mol. The average molecular weight is 342 g/mol. The Morgan fingerprint density at radius 1 is 1.20 bits per heavy atom. The van der Waals surface area contributed by atoms with Crippen molar-refractivity contribution in [1.82, 2.24) is 19.7 Å². The summed E-state index contributed by atoms with van der Waals surface area (Å²) in [5.74, 6) is 0.0650. The number of aliphatic hydroxyl groups is 1. The van der Waals surface area contributed by atoms with Gasteiger partial charge in [0.1, 0.15) is 12.7 Å². The summed E-state index contributed by atoms with van der Waals surface area (Å²) in [5, 5.41) is 24.0. The number of benzene rings is 1. The van der Waals surface area contributed by atoms with Crippen molar-refractivity contribution in [3.63, 3.8) is 0 Å². The Morgan fingerprint density at radius 2 is 1.96 bits per heavy atom. The topological polar surface area (TPSA) is 91.5 Å². The number of hydrogen-bond donors (Lipinski definition) is 2. The molecule has 7 nitrogen and oxygen atoms in total. The highest BCUT2D eigenvalue weighted by Crippen LogP contribution is 2.41. The summed E-state index contributed by atoms with van der Waals surface area (Å²) in [6, 6.07) is 7.17. The minimum absolute atomic E-state index is 0.0185. The van der Waals surface area contributed by atoms with Crippen LogP contribution in [0.25, 0.3) is 0 Å². The van der Waals surface area contributed by atoms with Crippen LogP contribution in [0.1, 0.15) is 34.8 Å². The van der Waals surface area contributed by atoms with Crippen molar-refractivity contribution in [2.45, 2.75) is 31.5 Å². The van der Waals surface area contributed by atoms with Gasteiger partial charge in [0.15, 0.2) is 0 Å². The predicted octanol–water partition coefficient (Wildman–Crippen LogP) is 1.42. The van der Waals surface area contributed by atoms with Crippen molar-refractivity contribution in [1.29, 1.82) is 0 Å². The van der Waals surface area contributed by atoms with E-state index in [9.17, 15) is 15.0 Å². The van der Waals surface area contributed by atoms with Gasteiger partial charge in [0.25, 0.3) is 0 Å². The molecule has 0 bridgehead atoms. The van der Waals surface area contributed by atoms with Gasteiger partial charge in [0.2, 0.25) is 0 Å². The molecular formula is C18H22N4O3. The normalized spacial score (nSPS) is 29.5. The van der Waals surface area contributed by atoms with E-state index >= 15 is 0 Å². The molecule has 2 fully saturated rings. The van der Waals surface area contributed by atoms with E-state index in [-0.39, 0.29) is 6.04 Å². The zero-order valence-corrected chi connectivity index (χ0v) is 13.9. The Morgan fingerprint density at radius 3 is 2.68 bits per heavy atom. The Kier molecular flexibility index (Phi) is 4.27. The number of fused-ring (bicyclic) bond motifs is 1. The lowest BCUT2D eigenvalue weighted by molar-refractivity contribution is 0.0304. The Labute approximate surface area is 145 Å².